The highest BCUT2D eigenvalue weighted by atomic mass is 32.2. The summed E-state index contributed by atoms with van der Waals surface area (Å²) < 4.78 is 5.23. The fourth-order valence-corrected chi connectivity index (χ4v) is 3.42. The lowest BCUT2D eigenvalue weighted by Gasteiger charge is -2.21. The highest BCUT2D eigenvalue weighted by Gasteiger charge is 2.16. The molecule has 0 spiro atoms. The number of thioether (sulfide) groups is 1. The zero-order valence-corrected chi connectivity index (χ0v) is 10.6. The largest absolute Gasteiger partial charge is 0.497 e. The van der Waals surface area contributed by atoms with Crippen molar-refractivity contribution in [2.24, 2.45) is 0 Å². The Kier molecular flexibility index (Phi) is 3.99. The highest BCUT2D eigenvalue weighted by Crippen LogP contribution is 2.37. The Hall–Kier alpha value is -0.830. The molecule has 0 saturated heterocycles. The summed E-state index contributed by atoms with van der Waals surface area (Å²) >= 11 is 1.92. The fraction of sp³-hybridized carbons (Fsp3) is 0.538. The van der Waals surface area contributed by atoms with Crippen molar-refractivity contribution in [3.63, 3.8) is 0 Å². The van der Waals surface area contributed by atoms with Gasteiger partial charge in [0.25, 0.3) is 0 Å². The topological polar surface area (TPSA) is 35.2 Å². The second kappa shape index (κ2) is 5.48. The molecular formula is C13H19NOS. The van der Waals surface area contributed by atoms with E-state index in [0.29, 0.717) is 0 Å². The van der Waals surface area contributed by atoms with Gasteiger partial charge in [-0.15, -0.1) is 11.8 Å². The Morgan fingerprint density at radius 3 is 2.69 bits per heavy atom. The van der Waals surface area contributed by atoms with Crippen molar-refractivity contribution in [2.45, 2.75) is 42.2 Å². The lowest BCUT2D eigenvalue weighted by Crippen LogP contribution is -2.08. The van der Waals surface area contributed by atoms with Crippen molar-refractivity contribution >= 4 is 17.4 Å². The number of nitrogen functional groups attached to an aromatic ring is 1. The average molecular weight is 237 g/mol. The zero-order chi connectivity index (χ0) is 11.4. The quantitative estimate of drug-likeness (QED) is 0.814. The molecule has 1 fully saturated rings. The van der Waals surface area contributed by atoms with E-state index in [1.54, 1.807) is 7.11 Å². The fourth-order valence-electron chi connectivity index (χ4n) is 2.11. The van der Waals surface area contributed by atoms with Gasteiger partial charge in [-0.05, 0) is 31.0 Å². The van der Waals surface area contributed by atoms with E-state index in [4.69, 9.17) is 10.5 Å². The third-order valence-corrected chi connectivity index (χ3v) is 4.48. The van der Waals surface area contributed by atoms with Crippen LogP contribution in [0.25, 0.3) is 0 Å². The van der Waals surface area contributed by atoms with Crippen LogP contribution < -0.4 is 10.5 Å². The first-order valence-corrected chi connectivity index (χ1v) is 6.78. The average Bonchev–Trinajstić information content (AvgIpc) is 2.33. The number of ether oxygens (including phenoxy) is 1. The SMILES string of the molecule is COc1ccc(N)c(SC2CCCCC2)c1. The molecular weight excluding hydrogens is 218 g/mol. The smallest absolute Gasteiger partial charge is 0.120 e. The Labute approximate surface area is 102 Å². The van der Waals surface area contributed by atoms with Gasteiger partial charge < -0.3 is 10.5 Å². The van der Waals surface area contributed by atoms with Crippen molar-refractivity contribution < 1.29 is 4.74 Å². The van der Waals surface area contributed by atoms with Crippen LogP contribution in [-0.4, -0.2) is 12.4 Å². The molecule has 0 unspecified atom stereocenters. The van der Waals surface area contributed by atoms with Crippen LogP contribution in [0, 0.1) is 0 Å². The number of methoxy groups -OCH3 is 1. The highest BCUT2D eigenvalue weighted by molar-refractivity contribution is 8.00. The van der Waals surface area contributed by atoms with E-state index < -0.39 is 0 Å². The molecule has 1 aliphatic rings. The maximum absolute atomic E-state index is 5.98. The number of hydrogen-bond acceptors (Lipinski definition) is 3. The van der Waals surface area contributed by atoms with Gasteiger partial charge in [0.05, 0.1) is 7.11 Å². The minimum atomic E-state index is 0.739. The van der Waals surface area contributed by atoms with Crippen LogP contribution in [0.5, 0.6) is 5.75 Å². The van der Waals surface area contributed by atoms with E-state index in [0.717, 1.165) is 16.7 Å². The molecule has 0 heterocycles. The molecule has 0 atom stereocenters. The molecule has 2 nitrogen and oxygen atoms in total. The molecule has 16 heavy (non-hydrogen) atoms. The van der Waals surface area contributed by atoms with Crippen molar-refractivity contribution in [3.8, 4) is 5.75 Å². The van der Waals surface area contributed by atoms with Crippen molar-refractivity contribution in [3.05, 3.63) is 18.2 Å². The summed E-state index contributed by atoms with van der Waals surface area (Å²) in [6.07, 6.45) is 6.76. The first-order chi connectivity index (χ1) is 7.79. The molecule has 3 heteroatoms. The number of rotatable bonds is 3. The van der Waals surface area contributed by atoms with Gasteiger partial charge in [-0.25, -0.2) is 0 Å². The van der Waals surface area contributed by atoms with Gasteiger partial charge in [0.1, 0.15) is 5.75 Å². The van der Waals surface area contributed by atoms with Crippen LogP contribution in [0.15, 0.2) is 23.1 Å². The molecule has 0 aromatic heterocycles. The maximum Gasteiger partial charge on any atom is 0.120 e. The Morgan fingerprint density at radius 2 is 2.00 bits per heavy atom. The normalized spacial score (nSPS) is 17.3. The third kappa shape index (κ3) is 2.85. The summed E-state index contributed by atoms with van der Waals surface area (Å²) in [5, 5.41) is 0.739. The predicted octanol–water partition coefficient (Wildman–Crippen LogP) is 3.70. The Balaban J connectivity index is 2.06. The summed E-state index contributed by atoms with van der Waals surface area (Å²) in [6, 6.07) is 5.90. The molecule has 88 valence electrons. The van der Waals surface area contributed by atoms with Crippen LogP contribution in [0.4, 0.5) is 5.69 Å². The lowest BCUT2D eigenvalue weighted by atomic mass is 10.0. The second-order valence-electron chi connectivity index (χ2n) is 4.28. The zero-order valence-electron chi connectivity index (χ0n) is 9.74. The summed E-state index contributed by atoms with van der Waals surface area (Å²) in [5.41, 5.74) is 6.86. The molecule has 1 aromatic carbocycles. The van der Waals surface area contributed by atoms with Gasteiger partial charge in [0, 0.05) is 15.8 Å². The number of hydrogen-bond donors (Lipinski definition) is 1. The van der Waals surface area contributed by atoms with Crippen LogP contribution in [0.1, 0.15) is 32.1 Å². The summed E-state index contributed by atoms with van der Waals surface area (Å²) in [7, 11) is 1.70. The van der Waals surface area contributed by atoms with E-state index in [2.05, 4.69) is 6.07 Å². The van der Waals surface area contributed by atoms with Gasteiger partial charge in [-0.3, -0.25) is 0 Å². The summed E-state index contributed by atoms with van der Waals surface area (Å²) in [4.78, 5) is 1.17. The molecule has 1 aromatic rings. The van der Waals surface area contributed by atoms with Gasteiger partial charge >= 0.3 is 0 Å². The van der Waals surface area contributed by atoms with Gasteiger partial charge in [0.2, 0.25) is 0 Å². The van der Waals surface area contributed by atoms with E-state index >= 15 is 0 Å². The monoisotopic (exact) mass is 237 g/mol. The Bertz CT molecular complexity index is 348. The van der Waals surface area contributed by atoms with Gasteiger partial charge in [0.15, 0.2) is 0 Å². The van der Waals surface area contributed by atoms with Crippen molar-refractivity contribution in [2.75, 3.05) is 12.8 Å². The Morgan fingerprint density at radius 1 is 1.25 bits per heavy atom. The minimum Gasteiger partial charge on any atom is -0.497 e. The van der Waals surface area contributed by atoms with Crippen molar-refractivity contribution in [1.29, 1.82) is 0 Å². The molecule has 2 rings (SSSR count). The third-order valence-electron chi connectivity index (χ3n) is 3.07. The standard InChI is InChI=1S/C13H19NOS/c1-15-10-7-8-12(14)13(9-10)16-11-5-3-2-4-6-11/h7-9,11H,2-6,14H2,1H3. The molecule has 2 N–H and O–H groups in total. The second-order valence-corrected chi connectivity index (χ2v) is 5.62. The predicted molar refractivity (Wildman–Crippen MR) is 70.1 cm³/mol. The molecule has 1 saturated carbocycles. The molecule has 1 aliphatic carbocycles. The van der Waals surface area contributed by atoms with Crippen LogP contribution in [0.3, 0.4) is 0 Å². The first kappa shape index (κ1) is 11.6. The molecule has 0 radical (unpaired) electrons. The molecule has 0 bridgehead atoms. The van der Waals surface area contributed by atoms with Crippen molar-refractivity contribution in [1.82, 2.24) is 0 Å². The van der Waals surface area contributed by atoms with Crippen LogP contribution in [-0.2, 0) is 0 Å². The van der Waals surface area contributed by atoms with Gasteiger partial charge in [-0.2, -0.15) is 0 Å². The van der Waals surface area contributed by atoms with Crippen LogP contribution >= 0.6 is 11.8 Å². The molecule has 0 aliphatic heterocycles. The summed E-state index contributed by atoms with van der Waals surface area (Å²) in [6.45, 7) is 0. The number of nitrogens with two attached hydrogens (primary N) is 1. The first-order valence-electron chi connectivity index (χ1n) is 5.90. The van der Waals surface area contributed by atoms with Crippen LogP contribution in [0.2, 0.25) is 0 Å². The van der Waals surface area contributed by atoms with Gasteiger partial charge in [-0.1, -0.05) is 19.3 Å². The summed E-state index contributed by atoms with van der Waals surface area (Å²) in [5.74, 6) is 0.896. The number of anilines is 1. The minimum absolute atomic E-state index is 0.739. The molecule has 0 amide bonds. The van der Waals surface area contributed by atoms with E-state index in [-0.39, 0.29) is 0 Å². The van der Waals surface area contributed by atoms with E-state index in [9.17, 15) is 0 Å². The lowest BCUT2D eigenvalue weighted by molar-refractivity contribution is 0.414. The number of benzene rings is 1. The van der Waals surface area contributed by atoms with E-state index in [1.165, 1.54) is 37.0 Å². The van der Waals surface area contributed by atoms with E-state index in [1.807, 2.05) is 23.9 Å². The maximum atomic E-state index is 5.98.